The molecule has 1 aromatic heterocycles. The first-order valence-corrected chi connectivity index (χ1v) is 8.53. The Hall–Kier alpha value is -2.44. The number of carbonyl (C=O) groups excluding carboxylic acids is 1. The van der Waals surface area contributed by atoms with Crippen LogP contribution >= 0.6 is 0 Å². The molecule has 5 nitrogen and oxygen atoms in total. The van der Waals surface area contributed by atoms with Crippen molar-refractivity contribution in [3.05, 3.63) is 41.6 Å². The number of hydrogen-bond donors (Lipinski definition) is 2. The topological polar surface area (TPSA) is 59.0 Å². The van der Waals surface area contributed by atoms with Crippen LogP contribution in [0.1, 0.15) is 41.2 Å². The summed E-state index contributed by atoms with van der Waals surface area (Å²) in [6.45, 7) is 1.96. The van der Waals surface area contributed by atoms with Gasteiger partial charge in [-0.3, -0.25) is 4.79 Å². The van der Waals surface area contributed by atoms with Crippen molar-refractivity contribution >= 4 is 17.4 Å². The van der Waals surface area contributed by atoms with Gasteiger partial charge in [0.25, 0.3) is 12.3 Å². The van der Waals surface area contributed by atoms with Gasteiger partial charge in [0.05, 0.1) is 6.20 Å². The van der Waals surface area contributed by atoms with Crippen molar-refractivity contribution in [2.75, 3.05) is 10.6 Å². The zero-order chi connectivity index (χ0) is 17.6. The van der Waals surface area contributed by atoms with E-state index in [2.05, 4.69) is 15.7 Å². The summed E-state index contributed by atoms with van der Waals surface area (Å²) in [6, 6.07) is 6.42. The molecular formula is C18H20F2N4O. The van der Waals surface area contributed by atoms with Gasteiger partial charge < -0.3 is 10.6 Å². The number of aromatic nitrogens is 2. The van der Waals surface area contributed by atoms with Gasteiger partial charge in [-0.25, -0.2) is 13.5 Å². The van der Waals surface area contributed by atoms with E-state index in [0.29, 0.717) is 29.4 Å². The highest BCUT2D eigenvalue weighted by molar-refractivity contribution is 6.07. The number of benzene rings is 1. The summed E-state index contributed by atoms with van der Waals surface area (Å²) in [7, 11) is 0. The number of anilines is 2. The minimum atomic E-state index is -2.50. The maximum Gasteiger partial charge on any atom is 0.261 e. The van der Waals surface area contributed by atoms with Gasteiger partial charge in [-0.15, -0.1) is 0 Å². The Labute approximate surface area is 144 Å². The molecule has 2 aromatic rings. The minimum absolute atomic E-state index is 0.0193. The first kappa shape index (κ1) is 16.1. The Balaban J connectivity index is 1.60. The lowest BCUT2D eigenvalue weighted by atomic mass is 10.00. The summed E-state index contributed by atoms with van der Waals surface area (Å²) < 4.78 is 28.2. The van der Waals surface area contributed by atoms with E-state index in [0.717, 1.165) is 18.4 Å². The number of hydrogen-bond acceptors (Lipinski definition) is 3. The van der Waals surface area contributed by atoms with Gasteiger partial charge >= 0.3 is 0 Å². The third-order valence-corrected chi connectivity index (χ3v) is 4.96. The number of nitrogens with zero attached hydrogens (tertiary/aromatic N) is 2. The maximum atomic E-state index is 13.5. The maximum absolute atomic E-state index is 13.5. The molecule has 4 rings (SSSR count). The van der Waals surface area contributed by atoms with Gasteiger partial charge in [0.2, 0.25) is 0 Å². The Morgan fingerprint density at radius 1 is 1.32 bits per heavy atom. The van der Waals surface area contributed by atoms with E-state index >= 15 is 0 Å². The fraction of sp³-hybridized carbons (Fsp3) is 0.444. The van der Waals surface area contributed by atoms with Crippen LogP contribution in [-0.4, -0.2) is 28.2 Å². The van der Waals surface area contributed by atoms with Crippen LogP contribution in [0.3, 0.4) is 0 Å². The van der Waals surface area contributed by atoms with Crippen molar-refractivity contribution in [2.24, 2.45) is 5.92 Å². The lowest BCUT2D eigenvalue weighted by Crippen LogP contribution is -2.37. The Morgan fingerprint density at radius 2 is 2.04 bits per heavy atom. The predicted molar refractivity (Wildman–Crippen MR) is 91.2 cm³/mol. The molecule has 1 aliphatic carbocycles. The van der Waals surface area contributed by atoms with Crippen LogP contribution in [0.15, 0.2) is 30.5 Å². The van der Waals surface area contributed by atoms with Crippen molar-refractivity contribution in [3.8, 4) is 0 Å². The highest BCUT2D eigenvalue weighted by atomic mass is 19.3. The predicted octanol–water partition coefficient (Wildman–Crippen LogP) is 3.84. The molecule has 1 saturated carbocycles. The molecule has 2 unspecified atom stereocenters. The molecule has 0 spiro atoms. The van der Waals surface area contributed by atoms with Crippen molar-refractivity contribution in [1.82, 2.24) is 9.78 Å². The summed E-state index contributed by atoms with van der Waals surface area (Å²) >= 11 is 0. The number of halogens is 2. The lowest BCUT2D eigenvalue weighted by molar-refractivity contribution is 0.0644. The smallest absolute Gasteiger partial charge is 0.261 e. The molecule has 2 N–H and O–H groups in total. The lowest BCUT2D eigenvalue weighted by Gasteiger charge is -2.32. The van der Waals surface area contributed by atoms with Crippen LogP contribution in [0.5, 0.6) is 0 Å². The fourth-order valence-corrected chi connectivity index (χ4v) is 3.37. The summed E-state index contributed by atoms with van der Waals surface area (Å²) in [5, 5.41) is 10.1. The Morgan fingerprint density at radius 3 is 2.68 bits per heavy atom. The summed E-state index contributed by atoms with van der Waals surface area (Å²) in [5.74, 6) is 0.470. The van der Waals surface area contributed by atoms with Crippen molar-refractivity contribution in [3.63, 3.8) is 0 Å². The molecule has 0 saturated heterocycles. The van der Waals surface area contributed by atoms with Gasteiger partial charge in [-0.05, 0) is 44.2 Å². The molecule has 132 valence electrons. The number of fused-ring (bicyclic) bond motifs is 1. The van der Waals surface area contributed by atoms with Gasteiger partial charge in [0.1, 0.15) is 17.4 Å². The van der Waals surface area contributed by atoms with Gasteiger partial charge in [0, 0.05) is 11.7 Å². The summed E-state index contributed by atoms with van der Waals surface area (Å²) in [4.78, 5) is 12.6. The molecule has 25 heavy (non-hydrogen) atoms. The van der Waals surface area contributed by atoms with Crippen molar-refractivity contribution in [1.29, 1.82) is 0 Å². The summed E-state index contributed by atoms with van der Waals surface area (Å²) in [5.41, 5.74) is 2.06. The molecule has 2 atom stereocenters. The monoisotopic (exact) mass is 346 g/mol. The number of amides is 1. The molecule has 7 heteroatoms. The normalized spacial score (nSPS) is 22.4. The molecule has 2 aliphatic rings. The van der Waals surface area contributed by atoms with Gasteiger partial charge in [0.15, 0.2) is 0 Å². The molecule has 0 bridgehead atoms. The zero-order valence-electron chi connectivity index (χ0n) is 13.9. The zero-order valence-corrected chi connectivity index (χ0v) is 13.9. The van der Waals surface area contributed by atoms with E-state index in [1.807, 2.05) is 31.2 Å². The summed E-state index contributed by atoms with van der Waals surface area (Å²) in [6.07, 6.45) is 1.31. The fourth-order valence-electron chi connectivity index (χ4n) is 3.37. The highest BCUT2D eigenvalue weighted by Crippen LogP contribution is 2.42. The Bertz CT molecular complexity index is 783. The number of carbonyl (C=O) groups is 1. The highest BCUT2D eigenvalue weighted by Gasteiger charge is 2.41. The third-order valence-electron chi connectivity index (χ3n) is 4.96. The first-order valence-electron chi connectivity index (χ1n) is 8.53. The van der Waals surface area contributed by atoms with E-state index in [4.69, 9.17) is 0 Å². The van der Waals surface area contributed by atoms with E-state index in [-0.39, 0.29) is 11.9 Å². The molecule has 2 heterocycles. The molecular weight excluding hydrogens is 326 g/mol. The molecule has 1 aromatic carbocycles. The average molecular weight is 346 g/mol. The van der Waals surface area contributed by atoms with E-state index < -0.39 is 12.5 Å². The van der Waals surface area contributed by atoms with Gasteiger partial charge in [-0.1, -0.05) is 17.7 Å². The Kier molecular flexibility index (Phi) is 3.94. The average Bonchev–Trinajstić information content (AvgIpc) is 3.35. The van der Waals surface area contributed by atoms with Crippen LogP contribution in [0.2, 0.25) is 0 Å². The van der Waals surface area contributed by atoms with E-state index in [1.165, 1.54) is 10.9 Å². The number of aryl methyl sites for hydroxylation is 1. The number of alkyl halides is 2. The first-order chi connectivity index (χ1) is 12.0. The number of nitrogens with one attached hydrogen (secondary N) is 2. The minimum Gasteiger partial charge on any atom is -0.367 e. The second kappa shape index (κ2) is 6.13. The van der Waals surface area contributed by atoms with Crippen LogP contribution in [0.4, 0.5) is 20.3 Å². The second-order valence-electron chi connectivity index (χ2n) is 6.90. The van der Waals surface area contributed by atoms with Crippen molar-refractivity contribution in [2.45, 2.75) is 44.7 Å². The quantitative estimate of drug-likeness (QED) is 0.884. The van der Waals surface area contributed by atoms with Crippen molar-refractivity contribution < 1.29 is 13.6 Å². The van der Waals surface area contributed by atoms with Crippen LogP contribution in [0.25, 0.3) is 0 Å². The molecule has 1 aliphatic heterocycles. The van der Waals surface area contributed by atoms with E-state index in [1.54, 1.807) is 0 Å². The van der Waals surface area contributed by atoms with Crippen LogP contribution in [-0.2, 0) is 0 Å². The van der Waals surface area contributed by atoms with Crippen LogP contribution in [0, 0.1) is 12.8 Å². The van der Waals surface area contributed by atoms with Crippen LogP contribution < -0.4 is 10.6 Å². The second-order valence-corrected chi connectivity index (χ2v) is 6.90. The standard InChI is InChI=1S/C18H20F2N4O/c1-10-2-6-12(7-3-10)22-18(25)13-9-21-24-15(16(19)20)8-14(11-4-5-11)23-17(13)24/h2-3,6-7,9,11,14-16,23H,4-5,8H2,1H3,(H,22,25). The third kappa shape index (κ3) is 3.10. The molecule has 0 radical (unpaired) electrons. The number of rotatable bonds is 4. The van der Waals surface area contributed by atoms with Gasteiger partial charge in [-0.2, -0.15) is 5.10 Å². The molecule has 1 fully saturated rings. The largest absolute Gasteiger partial charge is 0.367 e. The molecule has 1 amide bonds. The van der Waals surface area contributed by atoms with E-state index in [9.17, 15) is 13.6 Å². The SMILES string of the molecule is Cc1ccc(NC(=O)c2cnn3c2NC(C2CC2)CC3C(F)F)cc1.